The molecule has 3 rings (SSSR count). The van der Waals surface area contributed by atoms with Gasteiger partial charge >= 0.3 is 0 Å². The maximum absolute atomic E-state index is 11.9. The molecule has 3 aromatic heterocycles. The fourth-order valence-electron chi connectivity index (χ4n) is 2.15. The highest BCUT2D eigenvalue weighted by atomic mass is 32.2. The summed E-state index contributed by atoms with van der Waals surface area (Å²) in [5.74, 6) is 1.64. The number of aryl methyl sites for hydroxylation is 1. The van der Waals surface area contributed by atoms with Crippen LogP contribution in [0.1, 0.15) is 5.69 Å². The topological polar surface area (TPSA) is 110 Å². The zero-order chi connectivity index (χ0) is 17.9. The molecule has 0 aliphatic carbocycles. The molecule has 0 saturated heterocycles. The summed E-state index contributed by atoms with van der Waals surface area (Å²) >= 11 is 0. The molecule has 0 amide bonds. The lowest BCUT2D eigenvalue weighted by Gasteiger charge is -2.11. The molecule has 0 bridgehead atoms. The Bertz CT molecular complexity index is 1010. The van der Waals surface area contributed by atoms with Gasteiger partial charge in [0.05, 0.1) is 5.69 Å². The van der Waals surface area contributed by atoms with Crippen LogP contribution in [0.25, 0.3) is 0 Å². The van der Waals surface area contributed by atoms with Gasteiger partial charge in [0.15, 0.2) is 9.84 Å². The van der Waals surface area contributed by atoms with Crippen molar-refractivity contribution in [3.63, 3.8) is 0 Å². The minimum Gasteiger partial charge on any atom is -0.339 e. The average molecular weight is 356 g/mol. The van der Waals surface area contributed by atoms with E-state index in [4.69, 9.17) is 0 Å². The molecule has 128 valence electrons. The minimum atomic E-state index is -3.41. The third kappa shape index (κ3) is 4.27. The van der Waals surface area contributed by atoms with Crippen LogP contribution < -0.4 is 10.6 Å². The molecule has 2 N–H and O–H groups in total. The predicted molar refractivity (Wildman–Crippen MR) is 94.9 cm³/mol. The largest absolute Gasteiger partial charge is 0.339 e. The molecule has 9 heteroatoms. The third-order valence-electron chi connectivity index (χ3n) is 3.26. The van der Waals surface area contributed by atoms with Crippen molar-refractivity contribution in [3.8, 4) is 0 Å². The fraction of sp³-hybridized carbons (Fsp3) is 0.125. The van der Waals surface area contributed by atoms with Gasteiger partial charge in [0.2, 0.25) is 0 Å². The first-order valence-corrected chi connectivity index (χ1v) is 9.25. The van der Waals surface area contributed by atoms with Crippen molar-refractivity contribution in [2.24, 2.45) is 0 Å². The Morgan fingerprint density at radius 2 is 1.76 bits per heavy atom. The van der Waals surface area contributed by atoms with Crippen molar-refractivity contribution in [1.29, 1.82) is 0 Å². The molecule has 0 atom stereocenters. The number of sulfone groups is 1. The summed E-state index contributed by atoms with van der Waals surface area (Å²) in [6.45, 7) is 1.90. The zero-order valence-corrected chi connectivity index (χ0v) is 14.4. The molecule has 0 spiro atoms. The lowest BCUT2D eigenvalue weighted by Crippen LogP contribution is -2.05. The number of hydrogen-bond acceptors (Lipinski definition) is 8. The molecule has 0 aliphatic heterocycles. The van der Waals surface area contributed by atoms with Crippen molar-refractivity contribution in [2.75, 3.05) is 16.9 Å². The molecule has 0 unspecified atom stereocenters. The third-order valence-corrected chi connectivity index (χ3v) is 4.38. The summed E-state index contributed by atoms with van der Waals surface area (Å²) in [6, 6.07) is 8.85. The second-order valence-electron chi connectivity index (χ2n) is 5.35. The number of anilines is 4. The fourth-order valence-corrected chi connectivity index (χ4v) is 2.93. The SMILES string of the molecule is Cc1cccc(Nc2cc(Nc3ccncc3S(C)(=O)=O)ncn2)n1. The first-order valence-electron chi connectivity index (χ1n) is 7.35. The number of pyridine rings is 2. The van der Waals surface area contributed by atoms with E-state index in [-0.39, 0.29) is 4.90 Å². The molecular formula is C16H16N6O2S. The second-order valence-corrected chi connectivity index (χ2v) is 7.33. The smallest absolute Gasteiger partial charge is 0.179 e. The van der Waals surface area contributed by atoms with E-state index in [9.17, 15) is 8.42 Å². The number of hydrogen-bond donors (Lipinski definition) is 2. The van der Waals surface area contributed by atoms with Crippen LogP contribution >= 0.6 is 0 Å². The Kier molecular flexibility index (Phi) is 4.57. The summed E-state index contributed by atoms with van der Waals surface area (Å²) in [6.07, 6.45) is 5.32. The van der Waals surface area contributed by atoms with Crippen molar-refractivity contribution >= 4 is 33.0 Å². The standard InChI is InChI=1S/C16H16N6O2S/c1-11-4-3-5-14(20-11)22-16-8-15(18-10-19-16)21-12-6-7-17-9-13(12)25(2,23)24/h3-10H,1-2H3,(H2,17,18,19,20,21,22). The maximum atomic E-state index is 11.9. The zero-order valence-electron chi connectivity index (χ0n) is 13.6. The van der Waals surface area contributed by atoms with Crippen LogP contribution in [0, 0.1) is 6.92 Å². The minimum absolute atomic E-state index is 0.100. The van der Waals surface area contributed by atoms with E-state index in [2.05, 4.69) is 30.6 Å². The first-order chi connectivity index (χ1) is 11.9. The normalized spacial score (nSPS) is 11.1. The van der Waals surface area contributed by atoms with E-state index in [1.807, 2.05) is 25.1 Å². The van der Waals surface area contributed by atoms with Gasteiger partial charge in [-0.25, -0.2) is 23.4 Å². The Labute approximate surface area is 145 Å². The van der Waals surface area contributed by atoms with Gasteiger partial charge in [-0.05, 0) is 25.1 Å². The molecule has 0 saturated carbocycles. The van der Waals surface area contributed by atoms with Gasteiger partial charge in [-0.2, -0.15) is 0 Å². The number of aromatic nitrogens is 4. The lowest BCUT2D eigenvalue weighted by molar-refractivity contribution is 0.602. The van der Waals surface area contributed by atoms with E-state index in [1.54, 1.807) is 12.1 Å². The van der Waals surface area contributed by atoms with Gasteiger partial charge in [-0.15, -0.1) is 0 Å². The molecule has 25 heavy (non-hydrogen) atoms. The Balaban J connectivity index is 1.86. The summed E-state index contributed by atoms with van der Waals surface area (Å²) in [7, 11) is -3.41. The van der Waals surface area contributed by atoms with Crippen molar-refractivity contribution in [1.82, 2.24) is 19.9 Å². The highest BCUT2D eigenvalue weighted by Gasteiger charge is 2.14. The monoisotopic (exact) mass is 356 g/mol. The van der Waals surface area contributed by atoms with Gasteiger partial charge in [-0.3, -0.25) is 4.98 Å². The van der Waals surface area contributed by atoms with Crippen LogP contribution in [-0.4, -0.2) is 34.6 Å². The molecule has 0 aromatic carbocycles. The van der Waals surface area contributed by atoms with Crippen LogP contribution in [-0.2, 0) is 9.84 Å². The van der Waals surface area contributed by atoms with Crippen LogP contribution in [0.15, 0.2) is 53.9 Å². The average Bonchev–Trinajstić information content (AvgIpc) is 2.55. The first kappa shape index (κ1) is 16.8. The molecule has 3 heterocycles. The highest BCUT2D eigenvalue weighted by molar-refractivity contribution is 7.90. The predicted octanol–water partition coefficient (Wildman–Crippen LogP) is 2.47. The van der Waals surface area contributed by atoms with Crippen LogP contribution in [0.4, 0.5) is 23.1 Å². The second kappa shape index (κ2) is 6.81. The van der Waals surface area contributed by atoms with Crippen LogP contribution in [0.5, 0.6) is 0 Å². The summed E-state index contributed by atoms with van der Waals surface area (Å²) in [5.41, 5.74) is 1.28. The van der Waals surface area contributed by atoms with Gasteiger partial charge in [0.25, 0.3) is 0 Å². The quantitative estimate of drug-likeness (QED) is 0.717. The van der Waals surface area contributed by atoms with Crippen molar-refractivity contribution < 1.29 is 8.42 Å². The summed E-state index contributed by atoms with van der Waals surface area (Å²) in [4.78, 5) is 16.6. The van der Waals surface area contributed by atoms with Gasteiger partial charge < -0.3 is 10.6 Å². The molecule has 3 aromatic rings. The Hall–Kier alpha value is -3.07. The summed E-state index contributed by atoms with van der Waals surface area (Å²) < 4.78 is 23.7. The van der Waals surface area contributed by atoms with Crippen LogP contribution in [0.3, 0.4) is 0 Å². The number of rotatable bonds is 5. The highest BCUT2D eigenvalue weighted by Crippen LogP contribution is 2.24. The Morgan fingerprint density at radius 3 is 2.48 bits per heavy atom. The van der Waals surface area contributed by atoms with Crippen LogP contribution in [0.2, 0.25) is 0 Å². The van der Waals surface area contributed by atoms with E-state index in [0.29, 0.717) is 23.1 Å². The van der Waals surface area contributed by atoms with Gasteiger partial charge in [-0.1, -0.05) is 6.07 Å². The number of nitrogens with one attached hydrogen (secondary N) is 2. The lowest BCUT2D eigenvalue weighted by atomic mass is 10.3. The van der Waals surface area contributed by atoms with Gasteiger partial charge in [0, 0.05) is 30.4 Å². The Morgan fingerprint density at radius 1 is 1.00 bits per heavy atom. The van der Waals surface area contributed by atoms with E-state index < -0.39 is 9.84 Å². The molecule has 0 aliphatic rings. The van der Waals surface area contributed by atoms with Gasteiger partial charge in [0.1, 0.15) is 28.7 Å². The van der Waals surface area contributed by atoms with E-state index >= 15 is 0 Å². The molecule has 0 radical (unpaired) electrons. The van der Waals surface area contributed by atoms with Crippen molar-refractivity contribution in [3.05, 3.63) is 54.7 Å². The molecular weight excluding hydrogens is 340 g/mol. The van der Waals surface area contributed by atoms with Crippen molar-refractivity contribution in [2.45, 2.75) is 11.8 Å². The summed E-state index contributed by atoms with van der Waals surface area (Å²) in [5, 5.41) is 6.07. The molecule has 0 fully saturated rings. The van der Waals surface area contributed by atoms with E-state index in [0.717, 1.165) is 11.9 Å². The maximum Gasteiger partial charge on any atom is 0.179 e. The number of nitrogens with zero attached hydrogens (tertiary/aromatic N) is 4. The molecule has 8 nitrogen and oxygen atoms in total. The van der Waals surface area contributed by atoms with E-state index in [1.165, 1.54) is 18.7 Å².